The Hall–Kier alpha value is -2.63. The summed E-state index contributed by atoms with van der Waals surface area (Å²) in [6.45, 7) is 1.63. The van der Waals surface area contributed by atoms with Gasteiger partial charge in [-0.15, -0.1) is 0 Å². The van der Waals surface area contributed by atoms with Crippen LogP contribution in [0, 0.1) is 11.3 Å². The molecule has 6 heteroatoms. The fraction of sp³-hybridized carbons (Fsp3) is 0.421. The second-order valence-electron chi connectivity index (χ2n) is 6.90. The van der Waals surface area contributed by atoms with E-state index >= 15 is 0 Å². The standard InChI is InChI=1S/C19H21N3O3/c23-17(24)19-9-4-7-15(19)11-22(13-19)18-20-10-8-16(21-18)25-12-14-5-2-1-3-6-14/h1-3,5-6,8,10,15H,4,7,9,11-13H2,(H,23,24)/t15-,19+/m0/s1. The Bertz CT molecular complexity index is 768. The number of carboxylic acid groups (broad SMARTS) is 1. The van der Waals surface area contributed by atoms with Crippen LogP contribution in [0.15, 0.2) is 42.6 Å². The number of hydrogen-bond acceptors (Lipinski definition) is 5. The number of carbonyl (C=O) groups is 1. The van der Waals surface area contributed by atoms with Gasteiger partial charge in [0.25, 0.3) is 0 Å². The summed E-state index contributed by atoms with van der Waals surface area (Å²) in [5.41, 5.74) is 0.438. The molecule has 130 valence electrons. The summed E-state index contributed by atoms with van der Waals surface area (Å²) in [4.78, 5) is 22.6. The van der Waals surface area contributed by atoms with Gasteiger partial charge in [0.05, 0.1) is 5.41 Å². The Labute approximate surface area is 146 Å². The van der Waals surface area contributed by atoms with Gasteiger partial charge in [-0.1, -0.05) is 36.8 Å². The summed E-state index contributed by atoms with van der Waals surface area (Å²) < 4.78 is 5.76. The van der Waals surface area contributed by atoms with Gasteiger partial charge < -0.3 is 14.7 Å². The molecule has 2 aliphatic rings. The van der Waals surface area contributed by atoms with Crippen molar-refractivity contribution >= 4 is 11.9 Å². The predicted octanol–water partition coefficient (Wildman–Crippen LogP) is 2.75. The van der Waals surface area contributed by atoms with Crippen LogP contribution in [0.4, 0.5) is 5.95 Å². The number of aliphatic carboxylic acids is 1. The van der Waals surface area contributed by atoms with E-state index in [1.807, 2.05) is 35.2 Å². The van der Waals surface area contributed by atoms with Crippen molar-refractivity contribution in [2.45, 2.75) is 25.9 Å². The third-order valence-electron chi connectivity index (χ3n) is 5.43. The van der Waals surface area contributed by atoms with E-state index in [1.54, 1.807) is 12.3 Å². The smallest absolute Gasteiger partial charge is 0.311 e. The summed E-state index contributed by atoms with van der Waals surface area (Å²) in [7, 11) is 0. The number of carboxylic acids is 1. The van der Waals surface area contributed by atoms with Crippen molar-refractivity contribution in [1.29, 1.82) is 0 Å². The van der Waals surface area contributed by atoms with E-state index in [2.05, 4.69) is 9.97 Å². The Balaban J connectivity index is 1.48. The van der Waals surface area contributed by atoms with E-state index in [4.69, 9.17) is 4.74 Å². The highest BCUT2D eigenvalue weighted by molar-refractivity contribution is 5.77. The predicted molar refractivity (Wildman–Crippen MR) is 92.4 cm³/mol. The lowest BCUT2D eigenvalue weighted by Gasteiger charge is -2.23. The maximum atomic E-state index is 11.8. The first kappa shape index (κ1) is 15.9. The van der Waals surface area contributed by atoms with E-state index in [1.165, 1.54) is 0 Å². The molecule has 6 nitrogen and oxygen atoms in total. The lowest BCUT2D eigenvalue weighted by atomic mass is 9.81. The van der Waals surface area contributed by atoms with E-state index in [9.17, 15) is 9.90 Å². The molecule has 1 aromatic heterocycles. The molecule has 1 aromatic carbocycles. The molecule has 2 fully saturated rings. The minimum Gasteiger partial charge on any atom is -0.481 e. The molecule has 2 atom stereocenters. The van der Waals surface area contributed by atoms with Crippen molar-refractivity contribution in [2.24, 2.45) is 11.3 Å². The van der Waals surface area contributed by atoms with Gasteiger partial charge in [-0.2, -0.15) is 4.98 Å². The van der Waals surface area contributed by atoms with Gasteiger partial charge in [0.2, 0.25) is 11.8 Å². The molecule has 0 unspecified atom stereocenters. The van der Waals surface area contributed by atoms with Crippen molar-refractivity contribution in [3.63, 3.8) is 0 Å². The summed E-state index contributed by atoms with van der Waals surface area (Å²) in [5.74, 6) is 0.562. The van der Waals surface area contributed by atoms with E-state index in [0.717, 1.165) is 24.8 Å². The maximum absolute atomic E-state index is 11.8. The average Bonchev–Trinajstić information content (AvgIpc) is 3.20. The van der Waals surface area contributed by atoms with Crippen LogP contribution < -0.4 is 9.64 Å². The van der Waals surface area contributed by atoms with Crippen LogP contribution in [0.2, 0.25) is 0 Å². The number of benzene rings is 1. The molecule has 1 saturated carbocycles. The lowest BCUT2D eigenvalue weighted by molar-refractivity contribution is -0.149. The summed E-state index contributed by atoms with van der Waals surface area (Å²) in [6.07, 6.45) is 4.37. The largest absolute Gasteiger partial charge is 0.481 e. The topological polar surface area (TPSA) is 75.5 Å². The van der Waals surface area contributed by atoms with Crippen LogP contribution in [0.3, 0.4) is 0 Å². The number of rotatable bonds is 5. The molecule has 0 radical (unpaired) electrons. The first-order chi connectivity index (χ1) is 12.2. The van der Waals surface area contributed by atoms with Crippen molar-refractivity contribution in [3.05, 3.63) is 48.2 Å². The molecule has 0 amide bonds. The number of anilines is 1. The monoisotopic (exact) mass is 339 g/mol. The zero-order chi connectivity index (χ0) is 17.3. The molecule has 2 aromatic rings. The van der Waals surface area contributed by atoms with Gasteiger partial charge in [0.1, 0.15) is 6.61 Å². The lowest BCUT2D eigenvalue weighted by Crippen LogP contribution is -2.36. The number of aromatic nitrogens is 2. The van der Waals surface area contributed by atoms with E-state index < -0.39 is 11.4 Å². The Morgan fingerprint density at radius 3 is 2.92 bits per heavy atom. The maximum Gasteiger partial charge on any atom is 0.311 e. The number of ether oxygens (including phenoxy) is 1. The van der Waals surface area contributed by atoms with Crippen LogP contribution in [0.25, 0.3) is 0 Å². The molecule has 1 aliphatic heterocycles. The van der Waals surface area contributed by atoms with Crippen LogP contribution in [-0.2, 0) is 11.4 Å². The SMILES string of the molecule is O=C(O)[C@@]12CCC[C@H]1CN(c1nccc(OCc3ccccc3)n1)C2. The van der Waals surface area contributed by atoms with Crippen molar-refractivity contribution in [1.82, 2.24) is 9.97 Å². The van der Waals surface area contributed by atoms with E-state index in [-0.39, 0.29) is 5.92 Å². The average molecular weight is 339 g/mol. The molecule has 1 N–H and O–H groups in total. The number of nitrogens with zero attached hydrogens (tertiary/aromatic N) is 3. The van der Waals surface area contributed by atoms with Crippen molar-refractivity contribution in [2.75, 3.05) is 18.0 Å². The molecule has 1 aliphatic carbocycles. The first-order valence-corrected chi connectivity index (χ1v) is 8.65. The summed E-state index contributed by atoms with van der Waals surface area (Å²) in [6, 6.07) is 11.6. The number of hydrogen-bond donors (Lipinski definition) is 1. The van der Waals surface area contributed by atoms with Gasteiger partial charge in [-0.05, 0) is 24.3 Å². The van der Waals surface area contributed by atoms with Crippen LogP contribution in [0.1, 0.15) is 24.8 Å². The molecular formula is C19H21N3O3. The minimum absolute atomic E-state index is 0.183. The highest BCUT2D eigenvalue weighted by Crippen LogP contribution is 2.49. The fourth-order valence-corrected chi connectivity index (χ4v) is 4.09. The Morgan fingerprint density at radius 1 is 1.32 bits per heavy atom. The van der Waals surface area contributed by atoms with Gasteiger partial charge >= 0.3 is 5.97 Å². The van der Waals surface area contributed by atoms with Crippen molar-refractivity contribution < 1.29 is 14.6 Å². The summed E-state index contributed by atoms with van der Waals surface area (Å²) >= 11 is 0. The highest BCUT2D eigenvalue weighted by Gasteiger charge is 2.55. The Kier molecular flexibility index (Phi) is 4.03. The molecule has 0 spiro atoms. The molecule has 0 bridgehead atoms. The normalized spacial score (nSPS) is 25.0. The number of fused-ring (bicyclic) bond motifs is 1. The molecule has 4 rings (SSSR count). The highest BCUT2D eigenvalue weighted by atomic mass is 16.5. The van der Waals surface area contributed by atoms with Crippen molar-refractivity contribution in [3.8, 4) is 5.88 Å². The van der Waals surface area contributed by atoms with Gasteiger partial charge in [0, 0.05) is 25.4 Å². The molecule has 2 heterocycles. The second kappa shape index (κ2) is 6.35. The molecule has 1 saturated heterocycles. The van der Waals surface area contributed by atoms with Crippen LogP contribution in [0.5, 0.6) is 5.88 Å². The van der Waals surface area contributed by atoms with Gasteiger partial charge in [0.15, 0.2) is 0 Å². The zero-order valence-electron chi connectivity index (χ0n) is 14.0. The van der Waals surface area contributed by atoms with Crippen LogP contribution >= 0.6 is 0 Å². The summed E-state index contributed by atoms with van der Waals surface area (Å²) in [5, 5.41) is 9.71. The first-order valence-electron chi connectivity index (χ1n) is 8.65. The third kappa shape index (κ3) is 2.92. The molecular weight excluding hydrogens is 318 g/mol. The second-order valence-corrected chi connectivity index (χ2v) is 6.90. The molecule has 25 heavy (non-hydrogen) atoms. The Morgan fingerprint density at radius 2 is 2.16 bits per heavy atom. The van der Waals surface area contributed by atoms with Gasteiger partial charge in [-0.25, -0.2) is 4.98 Å². The minimum atomic E-state index is -0.686. The fourth-order valence-electron chi connectivity index (χ4n) is 4.09. The quantitative estimate of drug-likeness (QED) is 0.903. The zero-order valence-corrected chi connectivity index (χ0v) is 14.0. The van der Waals surface area contributed by atoms with E-state index in [0.29, 0.717) is 31.5 Å². The van der Waals surface area contributed by atoms with Gasteiger partial charge in [-0.3, -0.25) is 4.79 Å². The van der Waals surface area contributed by atoms with Crippen LogP contribution in [-0.4, -0.2) is 34.1 Å². The third-order valence-corrected chi connectivity index (χ3v) is 5.43.